The van der Waals surface area contributed by atoms with Gasteiger partial charge < -0.3 is 4.74 Å². The number of hydrogen-bond donors (Lipinski definition) is 0. The first-order valence-electron chi connectivity index (χ1n) is 9.05. The molecule has 22 heavy (non-hydrogen) atoms. The minimum Gasteiger partial charge on any atom is -0.375 e. The van der Waals surface area contributed by atoms with Crippen molar-refractivity contribution >= 4 is 0 Å². The van der Waals surface area contributed by atoms with Gasteiger partial charge in [0.15, 0.2) is 0 Å². The van der Waals surface area contributed by atoms with Crippen LogP contribution in [-0.2, 0) is 11.3 Å². The lowest BCUT2D eigenvalue weighted by Crippen LogP contribution is -2.37. The number of aromatic nitrogens is 2. The largest absolute Gasteiger partial charge is 0.375 e. The van der Waals surface area contributed by atoms with Gasteiger partial charge in [-0.25, -0.2) is 9.97 Å². The molecule has 0 spiro atoms. The molecule has 0 bridgehead atoms. The lowest BCUT2D eigenvalue weighted by Gasteiger charge is -2.33. The Bertz CT molecular complexity index is 472. The minimum absolute atomic E-state index is 0.493. The highest BCUT2D eigenvalue weighted by Gasteiger charge is 2.27. The molecule has 0 amide bonds. The van der Waals surface area contributed by atoms with Gasteiger partial charge in [-0.05, 0) is 38.5 Å². The van der Waals surface area contributed by atoms with E-state index in [1.54, 1.807) is 0 Å². The molecule has 2 aliphatic carbocycles. The van der Waals surface area contributed by atoms with Crippen molar-refractivity contribution < 1.29 is 4.74 Å². The molecule has 3 fully saturated rings. The monoisotopic (exact) mass is 301 g/mol. The van der Waals surface area contributed by atoms with Crippen LogP contribution >= 0.6 is 0 Å². The lowest BCUT2D eigenvalue weighted by atomic mass is 10.1. The van der Waals surface area contributed by atoms with E-state index in [0.717, 1.165) is 25.5 Å². The van der Waals surface area contributed by atoms with Crippen LogP contribution in [-0.4, -0.2) is 40.2 Å². The van der Waals surface area contributed by atoms with Crippen LogP contribution in [0.3, 0.4) is 0 Å². The van der Waals surface area contributed by atoms with Gasteiger partial charge in [-0.15, -0.1) is 0 Å². The molecule has 120 valence electrons. The Kier molecular flexibility index (Phi) is 4.39. The highest BCUT2D eigenvalue weighted by atomic mass is 16.5. The fourth-order valence-electron chi connectivity index (χ4n) is 3.76. The topological polar surface area (TPSA) is 38.2 Å². The van der Waals surface area contributed by atoms with Crippen molar-refractivity contribution in [3.63, 3.8) is 0 Å². The Hall–Kier alpha value is -1.00. The molecule has 0 N–H and O–H groups in total. The molecule has 2 saturated carbocycles. The summed E-state index contributed by atoms with van der Waals surface area (Å²) in [5.74, 6) is 1.70. The fourth-order valence-corrected chi connectivity index (χ4v) is 3.76. The Labute approximate surface area is 133 Å². The van der Waals surface area contributed by atoms with Crippen LogP contribution < -0.4 is 0 Å². The maximum Gasteiger partial charge on any atom is 0.131 e. The number of piperidine rings is 1. The minimum atomic E-state index is 0.493. The van der Waals surface area contributed by atoms with Gasteiger partial charge in [-0.2, -0.15) is 0 Å². The van der Waals surface area contributed by atoms with Gasteiger partial charge in [0.1, 0.15) is 5.82 Å². The average Bonchev–Trinajstić information content (AvgIpc) is 3.28. The molecule has 0 radical (unpaired) electrons. The van der Waals surface area contributed by atoms with E-state index in [2.05, 4.69) is 14.9 Å². The van der Waals surface area contributed by atoms with Crippen LogP contribution in [0.15, 0.2) is 12.4 Å². The first kappa shape index (κ1) is 14.6. The molecule has 1 aliphatic heterocycles. The Morgan fingerprint density at radius 2 is 1.55 bits per heavy atom. The lowest BCUT2D eigenvalue weighted by molar-refractivity contribution is -0.0400. The number of rotatable bonds is 5. The first-order valence-corrected chi connectivity index (χ1v) is 9.05. The molecule has 1 aromatic heterocycles. The molecule has 4 rings (SSSR count). The molecule has 2 heterocycles. The molecule has 0 atom stereocenters. The average molecular weight is 301 g/mol. The van der Waals surface area contributed by atoms with E-state index in [1.165, 1.54) is 56.9 Å². The van der Waals surface area contributed by atoms with Crippen molar-refractivity contribution in [2.75, 3.05) is 13.1 Å². The number of hydrogen-bond acceptors (Lipinski definition) is 4. The molecule has 0 unspecified atom stereocenters. The molecule has 0 aromatic carbocycles. The van der Waals surface area contributed by atoms with Crippen LogP contribution in [0.5, 0.6) is 0 Å². The van der Waals surface area contributed by atoms with Gasteiger partial charge in [0.25, 0.3) is 0 Å². The van der Waals surface area contributed by atoms with E-state index in [4.69, 9.17) is 4.74 Å². The van der Waals surface area contributed by atoms with Crippen molar-refractivity contribution in [3.8, 4) is 0 Å². The third-order valence-electron chi connectivity index (χ3n) is 5.30. The second-order valence-corrected chi connectivity index (χ2v) is 7.24. The third-order valence-corrected chi connectivity index (χ3v) is 5.30. The number of ether oxygens (including phenoxy) is 1. The van der Waals surface area contributed by atoms with Crippen molar-refractivity contribution in [3.05, 3.63) is 23.8 Å². The summed E-state index contributed by atoms with van der Waals surface area (Å²) in [6.45, 7) is 3.27. The van der Waals surface area contributed by atoms with Crippen LogP contribution in [0.25, 0.3) is 0 Å². The second-order valence-electron chi connectivity index (χ2n) is 7.24. The van der Waals surface area contributed by atoms with Gasteiger partial charge in [0.2, 0.25) is 0 Å². The fraction of sp³-hybridized carbons (Fsp3) is 0.778. The summed E-state index contributed by atoms with van der Waals surface area (Å²) in [6, 6.07) is 0. The van der Waals surface area contributed by atoms with Crippen LogP contribution in [0.4, 0.5) is 0 Å². The van der Waals surface area contributed by atoms with E-state index in [1.807, 2.05) is 12.4 Å². The van der Waals surface area contributed by atoms with Crippen molar-refractivity contribution in [2.45, 2.75) is 76.0 Å². The summed E-state index contributed by atoms with van der Waals surface area (Å²) in [4.78, 5) is 11.6. The molecule has 1 saturated heterocycles. The SMILES string of the molecule is c1nc(C2CC2)ncc1CN1CCC(OC2CCCC2)CC1. The summed E-state index contributed by atoms with van der Waals surface area (Å²) in [5.41, 5.74) is 1.25. The van der Waals surface area contributed by atoms with E-state index in [0.29, 0.717) is 18.1 Å². The van der Waals surface area contributed by atoms with Crippen LogP contribution in [0.1, 0.15) is 68.7 Å². The standard InChI is InChI=1S/C18H27N3O/c1-2-4-16(3-1)22-17-7-9-21(10-8-17)13-14-11-19-18(20-12-14)15-5-6-15/h11-12,15-17H,1-10,13H2. The van der Waals surface area contributed by atoms with Crippen LogP contribution in [0.2, 0.25) is 0 Å². The molecule has 4 nitrogen and oxygen atoms in total. The maximum atomic E-state index is 6.25. The van der Waals surface area contributed by atoms with Crippen molar-refractivity contribution in [1.29, 1.82) is 0 Å². The Balaban J connectivity index is 1.23. The molecule has 4 heteroatoms. The van der Waals surface area contributed by atoms with Crippen LogP contribution in [0, 0.1) is 0 Å². The van der Waals surface area contributed by atoms with Gasteiger partial charge >= 0.3 is 0 Å². The molecule has 3 aliphatic rings. The first-order chi connectivity index (χ1) is 10.9. The second kappa shape index (κ2) is 6.63. The summed E-state index contributed by atoms with van der Waals surface area (Å²) in [7, 11) is 0. The third kappa shape index (κ3) is 3.66. The number of likely N-dealkylation sites (tertiary alicyclic amines) is 1. The summed E-state index contributed by atoms with van der Waals surface area (Å²) >= 11 is 0. The van der Waals surface area contributed by atoms with Gasteiger partial charge in [0.05, 0.1) is 12.2 Å². The highest BCUT2D eigenvalue weighted by molar-refractivity contribution is 5.10. The predicted octanol–water partition coefficient (Wildman–Crippen LogP) is 3.28. The zero-order valence-electron chi connectivity index (χ0n) is 13.4. The normalized spacial score (nSPS) is 24.9. The van der Waals surface area contributed by atoms with E-state index in [-0.39, 0.29) is 0 Å². The predicted molar refractivity (Wildman–Crippen MR) is 85.6 cm³/mol. The molecular weight excluding hydrogens is 274 g/mol. The van der Waals surface area contributed by atoms with Gasteiger partial charge in [-0.3, -0.25) is 4.90 Å². The zero-order valence-corrected chi connectivity index (χ0v) is 13.4. The Morgan fingerprint density at radius 1 is 0.909 bits per heavy atom. The maximum absolute atomic E-state index is 6.25. The quantitative estimate of drug-likeness (QED) is 0.836. The van der Waals surface area contributed by atoms with E-state index >= 15 is 0 Å². The van der Waals surface area contributed by atoms with Gasteiger partial charge in [0, 0.05) is 43.5 Å². The molecular formula is C18H27N3O. The highest BCUT2D eigenvalue weighted by Crippen LogP contribution is 2.37. The van der Waals surface area contributed by atoms with Crippen molar-refractivity contribution in [2.24, 2.45) is 0 Å². The Morgan fingerprint density at radius 3 is 2.18 bits per heavy atom. The summed E-state index contributed by atoms with van der Waals surface area (Å²) in [6.07, 6.45) is 15.3. The molecule has 1 aromatic rings. The van der Waals surface area contributed by atoms with Crippen molar-refractivity contribution in [1.82, 2.24) is 14.9 Å². The number of nitrogens with zero attached hydrogens (tertiary/aromatic N) is 3. The smallest absolute Gasteiger partial charge is 0.131 e. The zero-order chi connectivity index (χ0) is 14.8. The summed E-state index contributed by atoms with van der Waals surface area (Å²) < 4.78 is 6.25. The van der Waals surface area contributed by atoms with E-state index in [9.17, 15) is 0 Å². The summed E-state index contributed by atoms with van der Waals surface area (Å²) in [5, 5.41) is 0. The van der Waals surface area contributed by atoms with Gasteiger partial charge in [-0.1, -0.05) is 12.8 Å². The van der Waals surface area contributed by atoms with E-state index < -0.39 is 0 Å².